The zero-order chi connectivity index (χ0) is 22.8. The van der Waals surface area contributed by atoms with E-state index in [2.05, 4.69) is 61.1 Å². The molecule has 1 fully saturated rings. The van der Waals surface area contributed by atoms with E-state index in [0.717, 1.165) is 31.0 Å². The van der Waals surface area contributed by atoms with Crippen LogP contribution in [-0.4, -0.2) is 24.3 Å². The summed E-state index contributed by atoms with van der Waals surface area (Å²) in [5.41, 5.74) is 8.99. The monoisotopic (exact) mass is 429 g/mol. The fraction of sp³-hybridized carbons (Fsp3) is 0.448. The molecule has 2 aliphatic rings. The van der Waals surface area contributed by atoms with Gasteiger partial charge in [0.15, 0.2) is 0 Å². The number of aliphatic imine (C=N–C) groups is 1. The Kier molecular flexibility index (Phi) is 9.43. The van der Waals surface area contributed by atoms with Crippen molar-refractivity contribution in [2.24, 2.45) is 10.9 Å². The Morgan fingerprint density at radius 3 is 2.72 bits per heavy atom. The summed E-state index contributed by atoms with van der Waals surface area (Å²) in [6.45, 7) is 9.03. The molecule has 32 heavy (non-hydrogen) atoms. The first-order valence-electron chi connectivity index (χ1n) is 12.2. The number of aromatic nitrogens is 1. The van der Waals surface area contributed by atoms with E-state index in [-0.39, 0.29) is 0 Å². The van der Waals surface area contributed by atoms with Crippen molar-refractivity contribution >= 4 is 11.8 Å². The van der Waals surface area contributed by atoms with E-state index in [0.29, 0.717) is 0 Å². The number of unbranched alkanes of at least 4 members (excludes halogenated alkanes) is 1. The predicted molar refractivity (Wildman–Crippen MR) is 138 cm³/mol. The molecule has 3 nitrogen and oxygen atoms in total. The van der Waals surface area contributed by atoms with Gasteiger partial charge in [-0.1, -0.05) is 57.0 Å². The first-order chi connectivity index (χ1) is 15.6. The molecule has 2 aromatic rings. The topological polar surface area (TPSA) is 37.3 Å². The molecule has 1 aromatic heterocycles. The molecule has 2 heterocycles. The lowest BCUT2D eigenvalue weighted by Crippen LogP contribution is -2.08. The van der Waals surface area contributed by atoms with Crippen LogP contribution in [0.1, 0.15) is 73.4 Å². The molecule has 1 saturated carbocycles. The molecule has 0 bridgehead atoms. The molecule has 4 rings (SSSR count). The van der Waals surface area contributed by atoms with Crippen LogP contribution in [0.25, 0.3) is 6.08 Å². The van der Waals surface area contributed by atoms with Crippen LogP contribution >= 0.6 is 0 Å². The van der Waals surface area contributed by atoms with Crippen molar-refractivity contribution in [3.8, 4) is 0 Å². The largest absolute Gasteiger partial charge is 0.314 e. The number of allylic oxidation sites excluding steroid dienone is 1. The molecule has 0 amide bonds. The first-order valence-corrected chi connectivity index (χ1v) is 12.2. The van der Waals surface area contributed by atoms with E-state index in [1.807, 2.05) is 25.4 Å². The van der Waals surface area contributed by atoms with E-state index in [1.165, 1.54) is 72.2 Å². The zero-order valence-corrected chi connectivity index (χ0v) is 20.2. The van der Waals surface area contributed by atoms with Crippen molar-refractivity contribution < 1.29 is 0 Å². The number of hydrogen-bond acceptors (Lipinski definition) is 3. The summed E-state index contributed by atoms with van der Waals surface area (Å²) < 4.78 is 0. The molecule has 3 heteroatoms. The highest BCUT2D eigenvalue weighted by atomic mass is 14.9. The Labute approximate surface area is 194 Å². The molecule has 0 unspecified atom stereocenters. The first kappa shape index (κ1) is 24.1. The van der Waals surface area contributed by atoms with E-state index in [4.69, 9.17) is 4.99 Å². The van der Waals surface area contributed by atoms with Crippen LogP contribution in [0.2, 0.25) is 0 Å². The van der Waals surface area contributed by atoms with Crippen LogP contribution in [-0.2, 0) is 12.8 Å². The smallest absolute Gasteiger partial charge is 0.0655 e. The molecule has 170 valence electrons. The quantitative estimate of drug-likeness (QED) is 0.456. The average molecular weight is 430 g/mol. The summed E-state index contributed by atoms with van der Waals surface area (Å²) in [5.74, 6) is 1.01. The van der Waals surface area contributed by atoms with Gasteiger partial charge < -0.3 is 5.32 Å². The predicted octanol–water partition coefficient (Wildman–Crippen LogP) is 6.70. The maximum absolute atomic E-state index is 4.74. The number of pyridine rings is 1. The lowest BCUT2D eigenvalue weighted by Gasteiger charge is -2.09. The van der Waals surface area contributed by atoms with Crippen molar-refractivity contribution in [1.29, 1.82) is 0 Å². The molecular formula is C29H39N3. The number of benzene rings is 1. The molecule has 1 aliphatic heterocycles. The molecule has 1 aromatic carbocycles. The normalized spacial score (nSPS) is 15.0. The lowest BCUT2D eigenvalue weighted by molar-refractivity contribution is 0.724. The number of rotatable bonds is 10. The molecule has 0 spiro atoms. The second kappa shape index (κ2) is 12.5. The van der Waals surface area contributed by atoms with Crippen molar-refractivity contribution in [2.75, 3.05) is 13.6 Å². The van der Waals surface area contributed by atoms with Gasteiger partial charge in [-0.15, -0.1) is 0 Å². The van der Waals surface area contributed by atoms with Gasteiger partial charge in [0.05, 0.1) is 17.1 Å². The van der Waals surface area contributed by atoms with Crippen molar-refractivity contribution in [3.63, 3.8) is 0 Å². The molecule has 1 N–H and O–H groups in total. The van der Waals surface area contributed by atoms with Gasteiger partial charge in [0.25, 0.3) is 0 Å². The molecule has 0 radical (unpaired) electrons. The van der Waals surface area contributed by atoms with E-state index in [1.54, 1.807) is 0 Å². The molecule has 1 aliphatic carbocycles. The van der Waals surface area contributed by atoms with Crippen molar-refractivity contribution in [2.45, 2.75) is 65.2 Å². The summed E-state index contributed by atoms with van der Waals surface area (Å²) in [6, 6.07) is 11.0. The minimum atomic E-state index is 0.865. The van der Waals surface area contributed by atoms with Crippen LogP contribution < -0.4 is 5.32 Å². The maximum atomic E-state index is 4.74. The highest BCUT2D eigenvalue weighted by molar-refractivity contribution is 6.03. The minimum absolute atomic E-state index is 0.865. The molecular weight excluding hydrogens is 390 g/mol. The van der Waals surface area contributed by atoms with Crippen molar-refractivity contribution in [3.05, 3.63) is 82.8 Å². The second-order valence-electron chi connectivity index (χ2n) is 8.97. The summed E-state index contributed by atoms with van der Waals surface area (Å²) in [7, 11) is 1.97. The van der Waals surface area contributed by atoms with Gasteiger partial charge in [-0.2, -0.15) is 0 Å². The van der Waals surface area contributed by atoms with E-state index < -0.39 is 0 Å². The molecule has 0 saturated heterocycles. The Morgan fingerprint density at radius 1 is 1.16 bits per heavy atom. The summed E-state index contributed by atoms with van der Waals surface area (Å²) in [6.07, 6.45) is 15.9. The SMILES string of the molecule is C=Cc1ncccc1CCCC.CNCC1=CCC(c2ccc(C)c(CCC3CC3)c2)=N1. The van der Waals surface area contributed by atoms with Gasteiger partial charge in [0, 0.05) is 19.2 Å². The number of nitrogens with zero attached hydrogens (tertiary/aromatic N) is 2. The van der Waals surface area contributed by atoms with Gasteiger partial charge in [-0.3, -0.25) is 9.98 Å². The Balaban J connectivity index is 0.000000207. The summed E-state index contributed by atoms with van der Waals surface area (Å²) in [5, 5.41) is 3.17. The number of aryl methyl sites for hydroxylation is 3. The molecule has 0 atom stereocenters. The van der Waals surface area contributed by atoms with Gasteiger partial charge in [0.2, 0.25) is 0 Å². The van der Waals surface area contributed by atoms with E-state index in [9.17, 15) is 0 Å². The average Bonchev–Trinajstić information content (AvgIpc) is 3.54. The van der Waals surface area contributed by atoms with Crippen molar-refractivity contribution in [1.82, 2.24) is 10.3 Å². The van der Waals surface area contributed by atoms with E-state index >= 15 is 0 Å². The highest BCUT2D eigenvalue weighted by Crippen LogP contribution is 2.34. The van der Waals surface area contributed by atoms with Crippen LogP contribution in [0, 0.1) is 12.8 Å². The third-order valence-electron chi connectivity index (χ3n) is 6.29. The van der Waals surface area contributed by atoms with Gasteiger partial charge in [-0.05, 0) is 86.0 Å². The van der Waals surface area contributed by atoms with Gasteiger partial charge >= 0.3 is 0 Å². The van der Waals surface area contributed by atoms with Crippen LogP contribution in [0.3, 0.4) is 0 Å². The number of nitrogens with one attached hydrogen (secondary N) is 1. The highest BCUT2D eigenvalue weighted by Gasteiger charge is 2.21. The van der Waals surface area contributed by atoms with Crippen LogP contribution in [0.15, 0.2) is 59.9 Å². The number of hydrogen-bond donors (Lipinski definition) is 1. The third kappa shape index (κ3) is 7.27. The number of likely N-dealkylation sites (N-methyl/N-ethyl adjacent to an activating group) is 1. The Hall–Kier alpha value is -2.52. The standard InChI is InChI=1S/C18H24N2.C11H15N/c1-13-3-7-16(11-15(13)8-6-14-4-5-14)18-10-9-17(20-18)12-19-2;1-3-5-7-10-8-6-9-12-11(10)4-2/h3,7,9,11,14,19H,4-6,8,10,12H2,1-2H3;4,6,8-9H,2-3,5,7H2,1H3. The maximum Gasteiger partial charge on any atom is 0.0655 e. The summed E-state index contributed by atoms with van der Waals surface area (Å²) in [4.78, 5) is 8.97. The summed E-state index contributed by atoms with van der Waals surface area (Å²) >= 11 is 0. The van der Waals surface area contributed by atoms with Crippen LogP contribution in [0.5, 0.6) is 0 Å². The Morgan fingerprint density at radius 2 is 2.00 bits per heavy atom. The fourth-order valence-corrected chi connectivity index (χ4v) is 4.05. The second-order valence-corrected chi connectivity index (χ2v) is 8.97. The minimum Gasteiger partial charge on any atom is -0.314 e. The van der Waals surface area contributed by atoms with Gasteiger partial charge in [0.1, 0.15) is 0 Å². The zero-order valence-electron chi connectivity index (χ0n) is 20.2. The third-order valence-corrected chi connectivity index (χ3v) is 6.29. The fourth-order valence-electron chi connectivity index (χ4n) is 4.05. The van der Waals surface area contributed by atoms with Gasteiger partial charge in [-0.25, -0.2) is 0 Å². The van der Waals surface area contributed by atoms with Crippen LogP contribution in [0.4, 0.5) is 0 Å². The Bertz CT molecular complexity index is 951. The lowest BCUT2D eigenvalue weighted by atomic mass is 9.97.